The Morgan fingerprint density at radius 1 is 0.926 bits per heavy atom. The van der Waals surface area contributed by atoms with Gasteiger partial charge in [-0.25, -0.2) is 17.5 Å². The predicted octanol–water partition coefficient (Wildman–Crippen LogP) is 4.11. The van der Waals surface area contributed by atoms with Gasteiger partial charge in [-0.2, -0.15) is 0 Å². The Kier molecular flexibility index (Phi) is 5.73. The van der Waals surface area contributed by atoms with Crippen LogP contribution in [0, 0.1) is 5.82 Å². The number of hydrogen-bond donors (Lipinski definition) is 1. The number of ether oxygens (including phenoxy) is 2. The Morgan fingerprint density at radius 3 is 2.41 bits per heavy atom. The van der Waals surface area contributed by atoms with Crippen LogP contribution in [0.3, 0.4) is 0 Å². The minimum atomic E-state index is -3.95. The third-order valence-corrected chi connectivity index (χ3v) is 5.18. The van der Waals surface area contributed by atoms with Crippen molar-refractivity contribution in [3.05, 3.63) is 84.2 Å². The molecule has 27 heavy (non-hydrogen) atoms. The van der Waals surface area contributed by atoms with Gasteiger partial charge >= 0.3 is 0 Å². The molecule has 0 aliphatic carbocycles. The first-order chi connectivity index (χ1) is 13.0. The molecule has 5 nitrogen and oxygen atoms in total. The molecule has 140 valence electrons. The molecule has 0 heterocycles. The largest absolute Gasteiger partial charge is 0.495 e. The van der Waals surface area contributed by atoms with E-state index in [1.54, 1.807) is 24.3 Å². The van der Waals surface area contributed by atoms with Crippen molar-refractivity contribution in [2.45, 2.75) is 11.4 Å². The highest BCUT2D eigenvalue weighted by Gasteiger charge is 2.20. The molecule has 0 unspecified atom stereocenters. The fourth-order valence-corrected chi connectivity index (χ4v) is 3.66. The van der Waals surface area contributed by atoms with Gasteiger partial charge in [0.15, 0.2) is 0 Å². The smallest absolute Gasteiger partial charge is 0.244 e. The van der Waals surface area contributed by atoms with Crippen molar-refractivity contribution in [2.75, 3.05) is 7.11 Å². The number of rotatable bonds is 7. The number of methoxy groups -OCH3 is 1. The summed E-state index contributed by atoms with van der Waals surface area (Å²) >= 11 is 0. The molecule has 0 fully saturated rings. The Balaban J connectivity index is 1.75. The molecular formula is C20H18FNO4S. The van der Waals surface area contributed by atoms with Gasteiger partial charge in [0.1, 0.15) is 28.0 Å². The maximum atomic E-state index is 13.5. The van der Waals surface area contributed by atoms with E-state index in [9.17, 15) is 12.8 Å². The van der Waals surface area contributed by atoms with Crippen molar-refractivity contribution in [3.8, 4) is 17.2 Å². The molecule has 0 aliphatic heterocycles. The molecule has 0 saturated carbocycles. The number of sulfonamides is 1. The van der Waals surface area contributed by atoms with Gasteiger partial charge in [0.05, 0.1) is 7.11 Å². The van der Waals surface area contributed by atoms with Gasteiger partial charge in [-0.3, -0.25) is 0 Å². The zero-order valence-electron chi connectivity index (χ0n) is 14.6. The van der Waals surface area contributed by atoms with E-state index in [0.717, 1.165) is 12.1 Å². The van der Waals surface area contributed by atoms with Crippen LogP contribution in [-0.2, 0) is 16.6 Å². The first-order valence-corrected chi connectivity index (χ1v) is 9.61. The van der Waals surface area contributed by atoms with Gasteiger partial charge < -0.3 is 9.47 Å². The average molecular weight is 387 g/mol. The number of benzene rings is 3. The summed E-state index contributed by atoms with van der Waals surface area (Å²) in [5.74, 6) is 0.681. The summed E-state index contributed by atoms with van der Waals surface area (Å²) in [7, 11) is -2.62. The highest BCUT2D eigenvalue weighted by Crippen LogP contribution is 2.25. The number of nitrogens with one attached hydrogen (secondary N) is 1. The van der Waals surface area contributed by atoms with Gasteiger partial charge in [0, 0.05) is 6.54 Å². The Labute approximate surface area is 157 Å². The Morgan fingerprint density at radius 2 is 1.67 bits per heavy atom. The second-order valence-electron chi connectivity index (χ2n) is 5.68. The highest BCUT2D eigenvalue weighted by atomic mass is 32.2. The van der Waals surface area contributed by atoms with E-state index in [1.165, 1.54) is 13.2 Å². The molecule has 7 heteroatoms. The molecule has 3 aromatic rings. The standard InChI is InChI=1S/C20H18FNO4S/c1-25-19-11-10-16(21)13-20(19)27(23,24)22-14-15-6-5-9-18(12-15)26-17-7-3-2-4-8-17/h2-13,22H,14H2,1H3. The van der Waals surface area contributed by atoms with E-state index in [4.69, 9.17) is 9.47 Å². The fraction of sp³-hybridized carbons (Fsp3) is 0.100. The summed E-state index contributed by atoms with van der Waals surface area (Å²) in [6.45, 7) is 0.0218. The zero-order chi connectivity index (χ0) is 19.3. The van der Waals surface area contributed by atoms with Gasteiger partial charge in [0.2, 0.25) is 10.0 Å². The molecule has 0 aliphatic rings. The van der Waals surface area contributed by atoms with Crippen LogP contribution in [-0.4, -0.2) is 15.5 Å². The van der Waals surface area contributed by atoms with Gasteiger partial charge in [-0.1, -0.05) is 30.3 Å². The van der Waals surface area contributed by atoms with E-state index in [2.05, 4.69) is 4.72 Å². The molecule has 0 spiro atoms. The molecule has 0 aromatic heterocycles. The number of para-hydroxylation sites is 1. The highest BCUT2D eigenvalue weighted by molar-refractivity contribution is 7.89. The van der Waals surface area contributed by atoms with Crippen molar-refractivity contribution in [1.29, 1.82) is 0 Å². The molecular weight excluding hydrogens is 369 g/mol. The Hall–Kier alpha value is -2.90. The molecule has 1 N–H and O–H groups in total. The van der Waals surface area contributed by atoms with Crippen LogP contribution in [0.1, 0.15) is 5.56 Å². The molecule has 3 rings (SSSR count). The van der Waals surface area contributed by atoms with E-state index in [0.29, 0.717) is 17.1 Å². The summed E-state index contributed by atoms with van der Waals surface area (Å²) in [5, 5.41) is 0. The molecule has 0 saturated heterocycles. The van der Waals surface area contributed by atoms with E-state index >= 15 is 0 Å². The quantitative estimate of drug-likeness (QED) is 0.663. The summed E-state index contributed by atoms with van der Waals surface area (Å²) in [5.41, 5.74) is 0.697. The maximum Gasteiger partial charge on any atom is 0.244 e. The van der Waals surface area contributed by atoms with Crippen molar-refractivity contribution >= 4 is 10.0 Å². The number of halogens is 1. The average Bonchev–Trinajstić information content (AvgIpc) is 2.67. The third kappa shape index (κ3) is 4.84. The molecule has 3 aromatic carbocycles. The van der Waals surface area contributed by atoms with Crippen molar-refractivity contribution < 1.29 is 22.3 Å². The third-order valence-electron chi connectivity index (χ3n) is 3.76. The monoisotopic (exact) mass is 387 g/mol. The van der Waals surface area contributed by atoms with Crippen LogP contribution in [0.25, 0.3) is 0 Å². The second kappa shape index (κ2) is 8.20. The molecule has 0 radical (unpaired) electrons. The lowest BCUT2D eigenvalue weighted by molar-refractivity contribution is 0.400. The Bertz CT molecular complexity index is 1020. The van der Waals surface area contributed by atoms with Crippen LogP contribution in [0.4, 0.5) is 4.39 Å². The summed E-state index contributed by atoms with van der Waals surface area (Å²) < 4.78 is 51.7. The first-order valence-electron chi connectivity index (χ1n) is 8.13. The summed E-state index contributed by atoms with van der Waals surface area (Å²) in [6.07, 6.45) is 0. The van der Waals surface area contributed by atoms with E-state index in [-0.39, 0.29) is 17.2 Å². The van der Waals surface area contributed by atoms with Crippen LogP contribution in [0.2, 0.25) is 0 Å². The number of hydrogen-bond acceptors (Lipinski definition) is 4. The minimum Gasteiger partial charge on any atom is -0.495 e. The van der Waals surface area contributed by atoms with Crippen LogP contribution < -0.4 is 14.2 Å². The molecule has 0 atom stereocenters. The topological polar surface area (TPSA) is 64.6 Å². The second-order valence-corrected chi connectivity index (χ2v) is 7.42. The zero-order valence-corrected chi connectivity index (χ0v) is 15.4. The summed E-state index contributed by atoms with van der Waals surface area (Å²) in [6, 6.07) is 19.7. The first kappa shape index (κ1) is 18.9. The molecule has 0 amide bonds. The normalized spacial score (nSPS) is 11.2. The van der Waals surface area contributed by atoms with Crippen LogP contribution in [0.15, 0.2) is 77.7 Å². The lowest BCUT2D eigenvalue weighted by Crippen LogP contribution is -2.24. The SMILES string of the molecule is COc1ccc(F)cc1S(=O)(=O)NCc1cccc(Oc2ccccc2)c1. The lowest BCUT2D eigenvalue weighted by Gasteiger charge is -2.12. The fourth-order valence-electron chi connectivity index (χ4n) is 2.46. The van der Waals surface area contributed by atoms with Gasteiger partial charge in [0.25, 0.3) is 0 Å². The van der Waals surface area contributed by atoms with Crippen LogP contribution >= 0.6 is 0 Å². The van der Waals surface area contributed by atoms with Gasteiger partial charge in [-0.05, 0) is 48.0 Å². The van der Waals surface area contributed by atoms with Crippen molar-refractivity contribution in [2.24, 2.45) is 0 Å². The van der Waals surface area contributed by atoms with Crippen molar-refractivity contribution in [3.63, 3.8) is 0 Å². The summed E-state index contributed by atoms with van der Waals surface area (Å²) in [4.78, 5) is -0.248. The predicted molar refractivity (Wildman–Crippen MR) is 99.9 cm³/mol. The molecule has 0 bridgehead atoms. The van der Waals surface area contributed by atoms with E-state index in [1.807, 2.05) is 30.3 Å². The maximum absolute atomic E-state index is 13.5. The van der Waals surface area contributed by atoms with Crippen LogP contribution in [0.5, 0.6) is 17.2 Å². The van der Waals surface area contributed by atoms with E-state index < -0.39 is 15.8 Å². The van der Waals surface area contributed by atoms with Gasteiger partial charge in [-0.15, -0.1) is 0 Å². The lowest BCUT2D eigenvalue weighted by atomic mass is 10.2. The van der Waals surface area contributed by atoms with Crippen molar-refractivity contribution in [1.82, 2.24) is 4.72 Å². The minimum absolute atomic E-state index is 0.0218.